The molecule has 1 aliphatic rings. The van der Waals surface area contributed by atoms with Crippen LogP contribution in [0.2, 0.25) is 0 Å². The first-order valence-electron chi connectivity index (χ1n) is 8.30. The molecule has 0 radical (unpaired) electrons. The van der Waals surface area contributed by atoms with Gasteiger partial charge in [0.1, 0.15) is 5.75 Å². The van der Waals surface area contributed by atoms with E-state index in [2.05, 4.69) is 5.32 Å². The fourth-order valence-electron chi connectivity index (χ4n) is 2.84. The minimum absolute atomic E-state index is 0.0482. The second-order valence-corrected chi connectivity index (χ2v) is 8.09. The van der Waals surface area contributed by atoms with E-state index in [0.29, 0.717) is 37.5 Å². The molecule has 0 saturated carbocycles. The van der Waals surface area contributed by atoms with Gasteiger partial charge in [-0.15, -0.1) is 0 Å². The Morgan fingerprint density at radius 2 is 2.04 bits per heavy atom. The zero-order chi connectivity index (χ0) is 18.4. The maximum absolute atomic E-state index is 12.2. The fourth-order valence-corrected chi connectivity index (χ4v) is 3.77. The molecule has 1 saturated heterocycles. The molecule has 0 unspecified atom stereocenters. The molecular weight excluding hydrogens is 344 g/mol. The number of rotatable bonds is 7. The maximum atomic E-state index is 12.2. The third-order valence-electron chi connectivity index (χ3n) is 4.21. The summed E-state index contributed by atoms with van der Waals surface area (Å²) in [5.74, 6) is 0.369. The Balaban J connectivity index is 2.07. The van der Waals surface area contributed by atoms with E-state index in [9.17, 15) is 13.2 Å². The fraction of sp³-hybridized carbons (Fsp3) is 0.588. The predicted octanol–water partition coefficient (Wildman–Crippen LogP) is 1.31. The molecule has 1 amide bonds. The van der Waals surface area contributed by atoms with Crippen molar-refractivity contribution in [1.82, 2.24) is 5.32 Å². The number of carbonyl (C=O) groups is 1. The molecule has 1 fully saturated rings. The number of carbonyl (C=O) groups excluding carboxylic acids is 1. The monoisotopic (exact) mass is 370 g/mol. The third-order valence-corrected chi connectivity index (χ3v) is 5.39. The van der Waals surface area contributed by atoms with Crippen molar-refractivity contribution >= 4 is 21.6 Å². The molecule has 8 heteroatoms. The molecule has 25 heavy (non-hydrogen) atoms. The van der Waals surface area contributed by atoms with Gasteiger partial charge in [-0.3, -0.25) is 9.10 Å². The molecule has 1 heterocycles. The minimum atomic E-state index is -3.51. The second-order valence-electron chi connectivity index (χ2n) is 6.19. The molecule has 0 bridgehead atoms. The number of amides is 1. The van der Waals surface area contributed by atoms with Crippen molar-refractivity contribution in [3.63, 3.8) is 0 Å². The summed E-state index contributed by atoms with van der Waals surface area (Å²) in [6, 6.07) is 5.36. The summed E-state index contributed by atoms with van der Waals surface area (Å²) in [5.41, 5.74) is 1.40. The first-order valence-corrected chi connectivity index (χ1v) is 10.2. The van der Waals surface area contributed by atoms with Gasteiger partial charge in [0.15, 0.2) is 0 Å². The number of aryl methyl sites for hydroxylation is 1. The molecule has 140 valence electrons. The Morgan fingerprint density at radius 1 is 1.36 bits per heavy atom. The first-order chi connectivity index (χ1) is 11.8. The van der Waals surface area contributed by atoms with E-state index < -0.39 is 10.0 Å². The number of hydrogen-bond donors (Lipinski definition) is 1. The minimum Gasteiger partial charge on any atom is -0.495 e. The number of methoxy groups -OCH3 is 1. The lowest BCUT2D eigenvalue weighted by Crippen LogP contribution is -2.41. The molecule has 0 aliphatic carbocycles. The Labute approximate surface area is 149 Å². The summed E-state index contributed by atoms with van der Waals surface area (Å²) < 4.78 is 36.3. The average molecular weight is 370 g/mol. The Bertz CT molecular complexity index is 699. The molecule has 2 rings (SSSR count). The highest BCUT2D eigenvalue weighted by atomic mass is 32.2. The smallest absolute Gasteiger partial charge is 0.232 e. The predicted molar refractivity (Wildman–Crippen MR) is 96.5 cm³/mol. The number of ether oxygens (including phenoxy) is 2. The lowest BCUT2D eigenvalue weighted by atomic mass is 9.99. The van der Waals surface area contributed by atoms with Crippen molar-refractivity contribution < 1.29 is 22.7 Å². The van der Waals surface area contributed by atoms with Gasteiger partial charge in [0, 0.05) is 25.7 Å². The van der Waals surface area contributed by atoms with E-state index in [-0.39, 0.29) is 24.9 Å². The molecule has 1 N–H and O–H groups in total. The normalized spacial score (nSPS) is 15.6. The van der Waals surface area contributed by atoms with Crippen LogP contribution in [0.5, 0.6) is 5.75 Å². The maximum Gasteiger partial charge on any atom is 0.232 e. The lowest BCUT2D eigenvalue weighted by molar-refractivity contribution is -0.127. The zero-order valence-electron chi connectivity index (χ0n) is 14.9. The molecule has 1 aromatic carbocycles. The van der Waals surface area contributed by atoms with Crippen LogP contribution in [0.3, 0.4) is 0 Å². The average Bonchev–Trinajstić information content (AvgIpc) is 2.58. The number of nitrogens with zero attached hydrogens (tertiary/aromatic N) is 1. The summed E-state index contributed by atoms with van der Waals surface area (Å²) >= 11 is 0. The quantitative estimate of drug-likeness (QED) is 0.782. The second kappa shape index (κ2) is 8.53. The molecule has 0 aromatic heterocycles. The summed E-state index contributed by atoms with van der Waals surface area (Å²) in [5, 5.41) is 2.84. The van der Waals surface area contributed by atoms with Gasteiger partial charge in [0.05, 0.1) is 25.6 Å². The Morgan fingerprint density at radius 3 is 2.64 bits per heavy atom. The topological polar surface area (TPSA) is 84.9 Å². The van der Waals surface area contributed by atoms with E-state index in [1.165, 1.54) is 11.4 Å². The largest absolute Gasteiger partial charge is 0.495 e. The van der Waals surface area contributed by atoms with E-state index in [1.54, 1.807) is 12.1 Å². The van der Waals surface area contributed by atoms with Crippen LogP contribution in [0.4, 0.5) is 5.69 Å². The van der Waals surface area contributed by atoms with Crippen molar-refractivity contribution in [3.8, 4) is 5.75 Å². The number of anilines is 1. The van der Waals surface area contributed by atoms with Crippen LogP contribution < -0.4 is 14.4 Å². The van der Waals surface area contributed by atoms with Crippen molar-refractivity contribution in [3.05, 3.63) is 23.8 Å². The van der Waals surface area contributed by atoms with E-state index in [4.69, 9.17) is 9.47 Å². The first kappa shape index (κ1) is 19.5. The highest BCUT2D eigenvalue weighted by Gasteiger charge is 2.24. The van der Waals surface area contributed by atoms with Gasteiger partial charge in [-0.1, -0.05) is 6.07 Å². The number of sulfonamides is 1. The van der Waals surface area contributed by atoms with Crippen LogP contribution in [-0.4, -0.2) is 54.0 Å². The Kier molecular flexibility index (Phi) is 6.66. The molecular formula is C17H26N2O5S. The lowest BCUT2D eigenvalue weighted by Gasteiger charge is -2.26. The van der Waals surface area contributed by atoms with Crippen LogP contribution >= 0.6 is 0 Å². The highest BCUT2D eigenvalue weighted by Crippen LogP contribution is 2.30. The van der Waals surface area contributed by atoms with E-state index >= 15 is 0 Å². The third kappa shape index (κ3) is 5.34. The summed E-state index contributed by atoms with van der Waals surface area (Å²) in [4.78, 5) is 12.2. The molecule has 7 nitrogen and oxygen atoms in total. The van der Waals surface area contributed by atoms with Crippen LogP contribution in [0.1, 0.15) is 18.4 Å². The standard InChI is InChI=1S/C17H26N2O5S/c1-13-4-5-16(23-2)15(12-13)19(25(3,21)22)9-8-18-17(20)14-6-10-24-11-7-14/h4-5,12,14H,6-11H2,1-3H3,(H,18,20). The van der Waals surface area contributed by atoms with E-state index in [0.717, 1.165) is 11.8 Å². The van der Waals surface area contributed by atoms with Crippen molar-refractivity contribution in [2.45, 2.75) is 19.8 Å². The van der Waals surface area contributed by atoms with Crippen LogP contribution in [0.25, 0.3) is 0 Å². The summed E-state index contributed by atoms with van der Waals surface area (Å²) in [6.45, 7) is 3.45. The van der Waals surface area contributed by atoms with Crippen molar-refractivity contribution in [2.24, 2.45) is 5.92 Å². The number of benzene rings is 1. The van der Waals surface area contributed by atoms with Gasteiger partial charge in [0.2, 0.25) is 15.9 Å². The van der Waals surface area contributed by atoms with Gasteiger partial charge in [-0.2, -0.15) is 0 Å². The van der Waals surface area contributed by atoms with Crippen LogP contribution in [-0.2, 0) is 19.6 Å². The van der Waals surface area contributed by atoms with Gasteiger partial charge in [0.25, 0.3) is 0 Å². The van der Waals surface area contributed by atoms with Gasteiger partial charge < -0.3 is 14.8 Å². The molecule has 1 aliphatic heterocycles. The molecule has 0 spiro atoms. The summed E-state index contributed by atoms with van der Waals surface area (Å²) in [6.07, 6.45) is 2.55. The van der Waals surface area contributed by atoms with Crippen molar-refractivity contribution in [1.29, 1.82) is 0 Å². The van der Waals surface area contributed by atoms with Crippen molar-refractivity contribution in [2.75, 3.05) is 44.0 Å². The highest BCUT2D eigenvalue weighted by molar-refractivity contribution is 7.92. The molecule has 1 aromatic rings. The van der Waals surface area contributed by atoms with Crippen LogP contribution in [0.15, 0.2) is 18.2 Å². The number of hydrogen-bond acceptors (Lipinski definition) is 5. The SMILES string of the molecule is COc1ccc(C)cc1N(CCNC(=O)C1CCOCC1)S(C)(=O)=O. The molecule has 0 atom stereocenters. The van der Waals surface area contributed by atoms with Gasteiger partial charge in [-0.05, 0) is 37.5 Å². The van der Waals surface area contributed by atoms with Crippen LogP contribution in [0, 0.1) is 12.8 Å². The van der Waals surface area contributed by atoms with Gasteiger partial charge >= 0.3 is 0 Å². The zero-order valence-corrected chi connectivity index (χ0v) is 15.8. The summed E-state index contributed by atoms with van der Waals surface area (Å²) in [7, 11) is -2.01. The van der Waals surface area contributed by atoms with E-state index in [1.807, 2.05) is 13.0 Å². The Hall–Kier alpha value is -1.80. The van der Waals surface area contributed by atoms with Gasteiger partial charge in [-0.25, -0.2) is 8.42 Å². The number of nitrogens with one attached hydrogen (secondary N) is 1.